The van der Waals surface area contributed by atoms with E-state index >= 15 is 0 Å². The summed E-state index contributed by atoms with van der Waals surface area (Å²) in [4.78, 5) is 18.9. The van der Waals surface area contributed by atoms with Gasteiger partial charge in [-0.3, -0.25) is 9.69 Å². The van der Waals surface area contributed by atoms with Crippen LogP contribution in [0.5, 0.6) is 0 Å². The van der Waals surface area contributed by atoms with Gasteiger partial charge in [-0.1, -0.05) is 18.6 Å². The number of rotatable bonds is 9. The molecule has 0 radical (unpaired) electrons. The van der Waals surface area contributed by atoms with Crippen LogP contribution in [0.1, 0.15) is 68.8 Å². The highest BCUT2D eigenvalue weighted by Gasteiger charge is 2.36. The molecule has 4 heterocycles. The maximum atomic E-state index is 13.6. The first kappa shape index (κ1) is 24.4. The van der Waals surface area contributed by atoms with Crippen LogP contribution in [0.4, 0.5) is 0 Å². The molecular formula is C27H34N6O3. The molecule has 0 bridgehead atoms. The van der Waals surface area contributed by atoms with Crippen LogP contribution in [0.2, 0.25) is 0 Å². The number of furan rings is 1. The van der Waals surface area contributed by atoms with E-state index in [1.165, 1.54) is 0 Å². The highest BCUT2D eigenvalue weighted by atomic mass is 16.5. The van der Waals surface area contributed by atoms with E-state index in [4.69, 9.17) is 9.15 Å². The molecule has 0 unspecified atom stereocenters. The summed E-state index contributed by atoms with van der Waals surface area (Å²) in [5.41, 5.74) is 2.04. The number of H-pyrrole nitrogens is 1. The summed E-state index contributed by atoms with van der Waals surface area (Å²) < 4.78 is 13.6. The number of aryl methyl sites for hydroxylation is 1. The Labute approximate surface area is 210 Å². The molecule has 36 heavy (non-hydrogen) atoms. The molecule has 9 heteroatoms. The smallest absolute Gasteiger partial charge is 0.253 e. The molecule has 1 aliphatic rings. The minimum Gasteiger partial charge on any atom is -0.468 e. The van der Waals surface area contributed by atoms with Crippen LogP contribution in [0.3, 0.4) is 0 Å². The summed E-state index contributed by atoms with van der Waals surface area (Å²) in [7, 11) is 0. The molecule has 4 aromatic rings. The van der Waals surface area contributed by atoms with Crippen molar-refractivity contribution < 1.29 is 9.15 Å². The first-order chi connectivity index (χ1) is 17.4. The van der Waals surface area contributed by atoms with Gasteiger partial charge in [0.15, 0.2) is 5.82 Å². The number of tetrazole rings is 1. The lowest BCUT2D eigenvalue weighted by Gasteiger charge is -2.34. The monoisotopic (exact) mass is 490 g/mol. The number of hydrogen-bond donors (Lipinski definition) is 1. The maximum absolute atomic E-state index is 13.6. The highest BCUT2D eigenvalue weighted by Crippen LogP contribution is 2.33. The predicted octanol–water partition coefficient (Wildman–Crippen LogP) is 4.33. The second-order valence-corrected chi connectivity index (χ2v) is 10.3. The van der Waals surface area contributed by atoms with Crippen molar-refractivity contribution in [2.45, 2.75) is 71.2 Å². The van der Waals surface area contributed by atoms with Crippen molar-refractivity contribution in [1.82, 2.24) is 30.1 Å². The number of nitrogens with one attached hydrogen (secondary N) is 1. The molecule has 0 spiro atoms. The quantitative estimate of drug-likeness (QED) is 0.372. The third-order valence-corrected chi connectivity index (χ3v) is 7.27. The van der Waals surface area contributed by atoms with E-state index in [0.717, 1.165) is 48.1 Å². The van der Waals surface area contributed by atoms with Gasteiger partial charge in [0.25, 0.3) is 5.56 Å². The summed E-state index contributed by atoms with van der Waals surface area (Å²) in [6, 6.07) is 11.3. The third-order valence-electron chi connectivity index (χ3n) is 7.27. The zero-order valence-electron chi connectivity index (χ0n) is 21.4. The molecule has 5 rings (SSSR count). The van der Waals surface area contributed by atoms with Crippen LogP contribution in [0, 0.1) is 6.92 Å². The SMILES string of the molecule is CCC(C)(C)n1nnnc1[C@H](c1cc2cc(C)ccc2[nH]c1=O)N(Cc1ccco1)C[C@H]1CCCO1. The Morgan fingerprint density at radius 3 is 2.86 bits per heavy atom. The van der Waals surface area contributed by atoms with Crippen molar-refractivity contribution in [3.05, 3.63) is 75.7 Å². The van der Waals surface area contributed by atoms with Gasteiger partial charge in [0.2, 0.25) is 0 Å². The zero-order chi connectivity index (χ0) is 25.3. The molecule has 0 amide bonds. The molecule has 1 aromatic carbocycles. The van der Waals surface area contributed by atoms with Crippen LogP contribution in [0.25, 0.3) is 10.9 Å². The average molecular weight is 491 g/mol. The average Bonchev–Trinajstić information content (AvgIpc) is 3.63. The van der Waals surface area contributed by atoms with Crippen molar-refractivity contribution in [1.29, 1.82) is 0 Å². The lowest BCUT2D eigenvalue weighted by molar-refractivity contribution is 0.0534. The fraction of sp³-hybridized carbons (Fsp3) is 0.481. The molecule has 1 N–H and O–H groups in total. The minimum absolute atomic E-state index is 0.0627. The van der Waals surface area contributed by atoms with Crippen LogP contribution >= 0.6 is 0 Å². The molecule has 1 saturated heterocycles. The standard InChI is InChI=1S/C27H34N6O3/c1-5-27(3,4)33-25(29-30-31-33)24(22-15-19-14-18(2)10-11-23(19)28-26(22)34)32(16-20-8-6-12-35-20)17-21-9-7-13-36-21/h6,8,10-12,14-15,21,24H,5,7,9,13,16-17H2,1-4H3,(H,28,34)/t21-,24+/m1/s1. The molecule has 3 aromatic heterocycles. The number of hydrogen-bond acceptors (Lipinski definition) is 7. The zero-order valence-corrected chi connectivity index (χ0v) is 21.4. The van der Waals surface area contributed by atoms with Crippen molar-refractivity contribution in [2.24, 2.45) is 0 Å². The van der Waals surface area contributed by atoms with Crippen LogP contribution < -0.4 is 5.56 Å². The maximum Gasteiger partial charge on any atom is 0.253 e. The Kier molecular flexibility index (Phi) is 6.77. The summed E-state index contributed by atoms with van der Waals surface area (Å²) in [6.07, 6.45) is 4.56. The number of aromatic amines is 1. The Balaban J connectivity index is 1.70. The number of aromatic nitrogens is 5. The van der Waals surface area contributed by atoms with E-state index in [1.807, 2.05) is 41.9 Å². The first-order valence-corrected chi connectivity index (χ1v) is 12.7. The van der Waals surface area contributed by atoms with Crippen LogP contribution in [-0.2, 0) is 16.8 Å². The number of nitrogens with zero attached hydrogens (tertiary/aromatic N) is 5. The van der Waals surface area contributed by atoms with Gasteiger partial charge in [-0.15, -0.1) is 5.10 Å². The molecule has 2 atom stereocenters. The fourth-order valence-corrected chi connectivity index (χ4v) is 4.90. The third kappa shape index (κ3) is 4.85. The summed E-state index contributed by atoms with van der Waals surface area (Å²) in [6.45, 7) is 10.2. The van der Waals surface area contributed by atoms with E-state index in [0.29, 0.717) is 24.5 Å². The first-order valence-electron chi connectivity index (χ1n) is 12.7. The van der Waals surface area contributed by atoms with Crippen LogP contribution in [0.15, 0.2) is 51.9 Å². The Hall–Kier alpha value is -3.30. The lowest BCUT2D eigenvalue weighted by Crippen LogP contribution is -2.41. The normalized spacial score (nSPS) is 17.3. The van der Waals surface area contributed by atoms with Gasteiger partial charge in [-0.05, 0) is 86.2 Å². The molecule has 0 saturated carbocycles. The Morgan fingerprint density at radius 2 is 2.14 bits per heavy atom. The second-order valence-electron chi connectivity index (χ2n) is 10.3. The van der Waals surface area contributed by atoms with Crippen molar-refractivity contribution >= 4 is 10.9 Å². The van der Waals surface area contributed by atoms with Gasteiger partial charge in [0, 0.05) is 24.2 Å². The van der Waals surface area contributed by atoms with E-state index in [-0.39, 0.29) is 17.2 Å². The summed E-state index contributed by atoms with van der Waals surface area (Å²) >= 11 is 0. The summed E-state index contributed by atoms with van der Waals surface area (Å²) in [5, 5.41) is 13.9. The Morgan fingerprint density at radius 1 is 1.28 bits per heavy atom. The lowest BCUT2D eigenvalue weighted by atomic mass is 9.98. The number of ether oxygens (including phenoxy) is 1. The topological polar surface area (TPSA) is 102 Å². The van der Waals surface area contributed by atoms with E-state index in [1.54, 1.807) is 6.26 Å². The predicted molar refractivity (Wildman–Crippen MR) is 137 cm³/mol. The molecule has 1 aliphatic heterocycles. The minimum atomic E-state index is -0.506. The van der Waals surface area contributed by atoms with Gasteiger partial charge >= 0.3 is 0 Å². The highest BCUT2D eigenvalue weighted by molar-refractivity contribution is 5.79. The second kappa shape index (κ2) is 9.99. The molecule has 1 fully saturated rings. The molecule has 0 aliphatic carbocycles. The Bertz CT molecular complexity index is 1370. The van der Waals surface area contributed by atoms with Gasteiger partial charge in [-0.25, -0.2) is 4.68 Å². The summed E-state index contributed by atoms with van der Waals surface area (Å²) in [5.74, 6) is 1.43. The van der Waals surface area contributed by atoms with Crippen molar-refractivity contribution in [3.63, 3.8) is 0 Å². The largest absolute Gasteiger partial charge is 0.468 e. The van der Waals surface area contributed by atoms with E-state index in [9.17, 15) is 4.79 Å². The van der Waals surface area contributed by atoms with Gasteiger partial charge in [0.1, 0.15) is 11.8 Å². The van der Waals surface area contributed by atoms with Gasteiger partial charge in [0.05, 0.1) is 24.5 Å². The van der Waals surface area contributed by atoms with Gasteiger partial charge in [-0.2, -0.15) is 0 Å². The fourth-order valence-electron chi connectivity index (χ4n) is 4.90. The molecule has 190 valence electrons. The number of pyridine rings is 1. The van der Waals surface area contributed by atoms with Crippen molar-refractivity contribution in [3.8, 4) is 0 Å². The number of fused-ring (bicyclic) bond motifs is 1. The van der Waals surface area contributed by atoms with Gasteiger partial charge < -0.3 is 14.1 Å². The van der Waals surface area contributed by atoms with Crippen LogP contribution in [-0.4, -0.2) is 49.3 Å². The van der Waals surface area contributed by atoms with E-state index in [2.05, 4.69) is 52.2 Å². The molecule has 9 nitrogen and oxygen atoms in total. The molecular weight excluding hydrogens is 456 g/mol. The van der Waals surface area contributed by atoms with Crippen molar-refractivity contribution in [2.75, 3.05) is 13.2 Å². The number of benzene rings is 1. The van der Waals surface area contributed by atoms with E-state index < -0.39 is 6.04 Å².